The van der Waals surface area contributed by atoms with Gasteiger partial charge in [0.15, 0.2) is 0 Å². The molecule has 0 atom stereocenters. The molecule has 0 aliphatic heterocycles. The molecule has 0 unspecified atom stereocenters. The average molecular weight is 330 g/mol. The fraction of sp³-hybridized carbons (Fsp3) is 0.684. The summed E-state index contributed by atoms with van der Waals surface area (Å²) in [4.78, 5) is 24.7. The summed E-state index contributed by atoms with van der Waals surface area (Å²) in [6.07, 6.45) is 7.95. The summed E-state index contributed by atoms with van der Waals surface area (Å²) >= 11 is 0. The van der Waals surface area contributed by atoms with E-state index in [1.807, 2.05) is 0 Å². The van der Waals surface area contributed by atoms with Gasteiger partial charge >= 0.3 is 0 Å². The number of rotatable bonds is 4. The van der Waals surface area contributed by atoms with E-state index in [2.05, 4.69) is 5.32 Å². The third kappa shape index (κ3) is 2.32. The van der Waals surface area contributed by atoms with E-state index >= 15 is 0 Å². The van der Waals surface area contributed by atoms with Gasteiger partial charge in [0.2, 0.25) is 0 Å². The second kappa shape index (κ2) is 5.73. The second-order valence-electron chi connectivity index (χ2n) is 7.98. The van der Waals surface area contributed by atoms with Gasteiger partial charge in [0.05, 0.1) is 5.60 Å². The van der Waals surface area contributed by atoms with Gasteiger partial charge in [0, 0.05) is 26.9 Å². The minimum Gasteiger partial charge on any atom is -0.376 e. The molecule has 1 aromatic heterocycles. The molecule has 0 aromatic carbocycles. The molecular weight excluding hydrogens is 304 g/mol. The predicted octanol–water partition coefficient (Wildman–Crippen LogP) is 1.96. The predicted molar refractivity (Wildman–Crippen MR) is 90.8 cm³/mol. The van der Waals surface area contributed by atoms with Crippen molar-refractivity contribution in [3.63, 3.8) is 0 Å². The quantitative estimate of drug-likeness (QED) is 0.918. The van der Waals surface area contributed by atoms with Crippen molar-refractivity contribution in [2.45, 2.75) is 37.7 Å². The van der Waals surface area contributed by atoms with Crippen molar-refractivity contribution in [2.24, 2.45) is 30.7 Å². The molecule has 4 aliphatic carbocycles. The van der Waals surface area contributed by atoms with Crippen LogP contribution in [0.4, 0.5) is 0 Å². The highest BCUT2D eigenvalue weighted by Crippen LogP contribution is 2.59. The summed E-state index contributed by atoms with van der Waals surface area (Å²) in [7, 11) is 3.45. The normalized spacial score (nSPS) is 36.8. The zero-order valence-electron chi connectivity index (χ0n) is 14.5. The molecule has 4 saturated carbocycles. The number of pyridine rings is 1. The first kappa shape index (κ1) is 15.9. The number of aromatic nitrogens is 1. The maximum Gasteiger partial charge on any atom is 0.263 e. The smallest absolute Gasteiger partial charge is 0.263 e. The summed E-state index contributed by atoms with van der Waals surface area (Å²) in [6.45, 7) is 0.509. The maximum atomic E-state index is 12.5. The first-order valence-electron chi connectivity index (χ1n) is 9.02. The summed E-state index contributed by atoms with van der Waals surface area (Å²) in [5.41, 5.74) is -0.301. The van der Waals surface area contributed by atoms with Crippen LogP contribution in [0.1, 0.15) is 42.5 Å². The molecule has 5 nitrogen and oxygen atoms in total. The number of amides is 1. The number of ether oxygens (including phenoxy) is 1. The van der Waals surface area contributed by atoms with E-state index in [4.69, 9.17) is 4.74 Å². The van der Waals surface area contributed by atoms with E-state index in [1.165, 1.54) is 36.7 Å². The number of aryl methyl sites for hydroxylation is 1. The lowest BCUT2D eigenvalue weighted by Crippen LogP contribution is -2.63. The fourth-order valence-corrected chi connectivity index (χ4v) is 5.76. The molecule has 1 N–H and O–H groups in total. The number of methoxy groups -OCH3 is 1. The lowest BCUT2D eigenvalue weighted by molar-refractivity contribution is -0.186. The molecule has 5 heteroatoms. The minimum absolute atomic E-state index is 0.204. The van der Waals surface area contributed by atoms with Crippen molar-refractivity contribution >= 4 is 5.91 Å². The number of carbonyl (C=O) groups is 1. The van der Waals surface area contributed by atoms with Gasteiger partial charge in [0.25, 0.3) is 11.5 Å². The Kier molecular flexibility index (Phi) is 3.79. The minimum atomic E-state index is -0.290. The highest BCUT2D eigenvalue weighted by molar-refractivity contribution is 5.93. The summed E-state index contributed by atoms with van der Waals surface area (Å²) < 4.78 is 7.49. The van der Waals surface area contributed by atoms with Gasteiger partial charge in [0.1, 0.15) is 5.56 Å². The number of hydrogen-bond acceptors (Lipinski definition) is 3. The third-order valence-electron chi connectivity index (χ3n) is 6.79. The first-order chi connectivity index (χ1) is 11.5. The van der Waals surface area contributed by atoms with Crippen molar-refractivity contribution < 1.29 is 9.53 Å². The van der Waals surface area contributed by atoms with Gasteiger partial charge in [-0.15, -0.1) is 0 Å². The van der Waals surface area contributed by atoms with Crippen LogP contribution >= 0.6 is 0 Å². The molecule has 24 heavy (non-hydrogen) atoms. The molecule has 4 fully saturated rings. The molecule has 4 bridgehead atoms. The van der Waals surface area contributed by atoms with Crippen molar-refractivity contribution in [3.8, 4) is 0 Å². The van der Waals surface area contributed by atoms with E-state index in [1.54, 1.807) is 32.5 Å². The standard InChI is InChI=1S/C19H26N2O3/c1-21-5-3-4-16(18(21)23)17(22)20-11-19(24-2)14-7-12-6-13(9-14)10-15(19)8-12/h3-5,12-15H,6-11H2,1-2H3,(H,20,22). The van der Waals surface area contributed by atoms with Crippen LogP contribution in [0.15, 0.2) is 23.1 Å². The number of carbonyl (C=O) groups excluding carboxylic acids is 1. The molecule has 130 valence electrons. The number of hydrogen-bond donors (Lipinski definition) is 1. The monoisotopic (exact) mass is 330 g/mol. The van der Waals surface area contributed by atoms with E-state index in [0.717, 1.165) is 11.8 Å². The molecule has 0 spiro atoms. The number of nitrogens with one attached hydrogen (secondary N) is 1. The largest absolute Gasteiger partial charge is 0.376 e. The Morgan fingerprint density at radius 3 is 2.46 bits per heavy atom. The van der Waals surface area contributed by atoms with Crippen molar-refractivity contribution in [1.29, 1.82) is 0 Å². The first-order valence-corrected chi connectivity index (χ1v) is 9.02. The zero-order chi connectivity index (χ0) is 16.9. The fourth-order valence-electron chi connectivity index (χ4n) is 5.76. The molecule has 1 aromatic rings. The van der Waals surface area contributed by atoms with Gasteiger partial charge < -0.3 is 14.6 Å². The lowest BCUT2D eigenvalue weighted by Gasteiger charge is -2.60. The number of nitrogens with zero attached hydrogens (tertiary/aromatic N) is 1. The average Bonchev–Trinajstić information content (AvgIpc) is 2.56. The van der Waals surface area contributed by atoms with Crippen LogP contribution in [-0.4, -0.2) is 29.7 Å². The topological polar surface area (TPSA) is 60.3 Å². The summed E-state index contributed by atoms with van der Waals surface area (Å²) in [6, 6.07) is 3.32. The van der Waals surface area contributed by atoms with Crippen LogP contribution < -0.4 is 10.9 Å². The summed E-state index contributed by atoms with van der Waals surface area (Å²) in [5.74, 6) is 2.50. The van der Waals surface area contributed by atoms with Crippen LogP contribution in [-0.2, 0) is 11.8 Å². The second-order valence-corrected chi connectivity index (χ2v) is 7.98. The Labute approximate surface area is 142 Å². The van der Waals surface area contributed by atoms with Crippen molar-refractivity contribution in [1.82, 2.24) is 9.88 Å². The lowest BCUT2D eigenvalue weighted by atomic mass is 9.49. The maximum absolute atomic E-state index is 12.5. The molecule has 0 radical (unpaired) electrons. The van der Waals surface area contributed by atoms with Crippen molar-refractivity contribution in [2.75, 3.05) is 13.7 Å². The van der Waals surface area contributed by atoms with Gasteiger partial charge in [-0.25, -0.2) is 0 Å². The Morgan fingerprint density at radius 1 is 1.25 bits per heavy atom. The van der Waals surface area contributed by atoms with Gasteiger partial charge in [-0.2, -0.15) is 0 Å². The van der Waals surface area contributed by atoms with Gasteiger partial charge in [-0.3, -0.25) is 9.59 Å². The van der Waals surface area contributed by atoms with E-state index < -0.39 is 0 Å². The Bertz CT molecular complexity index is 681. The molecule has 0 saturated heterocycles. The van der Waals surface area contributed by atoms with Gasteiger partial charge in [-0.1, -0.05) is 0 Å². The van der Waals surface area contributed by atoms with Crippen LogP contribution in [0.25, 0.3) is 0 Å². The molecular formula is C19H26N2O3. The highest BCUT2D eigenvalue weighted by Gasteiger charge is 2.57. The highest BCUT2D eigenvalue weighted by atomic mass is 16.5. The van der Waals surface area contributed by atoms with Crippen LogP contribution in [0.3, 0.4) is 0 Å². The van der Waals surface area contributed by atoms with E-state index in [0.29, 0.717) is 18.4 Å². The van der Waals surface area contributed by atoms with Crippen molar-refractivity contribution in [3.05, 3.63) is 34.2 Å². The SMILES string of the molecule is COC1(CNC(=O)c2cccn(C)c2=O)C2CC3CC(C2)CC1C3. The van der Waals surface area contributed by atoms with Crippen LogP contribution in [0.5, 0.6) is 0 Å². The third-order valence-corrected chi connectivity index (χ3v) is 6.79. The molecule has 4 aliphatic rings. The molecule has 1 amide bonds. The molecule has 1 heterocycles. The van der Waals surface area contributed by atoms with Crippen LogP contribution in [0, 0.1) is 23.7 Å². The molecule has 5 rings (SSSR count). The Hall–Kier alpha value is -1.62. The summed E-state index contributed by atoms with van der Waals surface area (Å²) in [5, 5.41) is 3.01. The Morgan fingerprint density at radius 2 is 1.88 bits per heavy atom. The Balaban J connectivity index is 1.53. The van der Waals surface area contributed by atoms with E-state index in [9.17, 15) is 9.59 Å². The van der Waals surface area contributed by atoms with Gasteiger partial charge in [-0.05, 0) is 67.9 Å². The van der Waals surface area contributed by atoms with Crippen LogP contribution in [0.2, 0.25) is 0 Å². The zero-order valence-corrected chi connectivity index (χ0v) is 14.5. The van der Waals surface area contributed by atoms with E-state index in [-0.39, 0.29) is 22.6 Å².